The second-order valence-corrected chi connectivity index (χ2v) is 7.28. The minimum atomic E-state index is -3.51. The Labute approximate surface area is 130 Å². The summed E-state index contributed by atoms with van der Waals surface area (Å²) in [7, 11) is -3.51. The van der Waals surface area contributed by atoms with Crippen LogP contribution in [0.5, 0.6) is 0 Å². The molecule has 0 aliphatic carbocycles. The molecule has 1 aromatic carbocycles. The number of halogens is 2. The second kappa shape index (κ2) is 6.40. The summed E-state index contributed by atoms with van der Waals surface area (Å²) in [6.45, 7) is 0.456. The number of anilines is 1. The van der Waals surface area contributed by atoms with Crippen molar-refractivity contribution in [1.82, 2.24) is 0 Å². The van der Waals surface area contributed by atoms with Crippen LogP contribution < -0.4 is 10.5 Å². The lowest BCUT2D eigenvalue weighted by Crippen LogP contribution is -2.17. The summed E-state index contributed by atoms with van der Waals surface area (Å²) in [4.78, 5) is 0. The van der Waals surface area contributed by atoms with E-state index in [1.807, 2.05) is 0 Å². The van der Waals surface area contributed by atoms with Crippen LogP contribution in [0.1, 0.15) is 12.8 Å². The van der Waals surface area contributed by atoms with Crippen LogP contribution in [0.25, 0.3) is 0 Å². The number of unbranched alkanes of at least 4 members (excludes halogenated alkanes) is 1. The Morgan fingerprint density at radius 2 is 1.90 bits per heavy atom. The van der Waals surface area contributed by atoms with Gasteiger partial charge in [0.15, 0.2) is 0 Å². The van der Waals surface area contributed by atoms with Gasteiger partial charge in [0, 0.05) is 0 Å². The van der Waals surface area contributed by atoms with Crippen LogP contribution in [-0.4, -0.2) is 20.7 Å². The van der Waals surface area contributed by atoms with Gasteiger partial charge in [0.25, 0.3) is 0 Å². The van der Waals surface area contributed by atoms with Gasteiger partial charge in [0.2, 0.25) is 10.0 Å². The predicted molar refractivity (Wildman–Crippen MR) is 83.7 cm³/mol. The van der Waals surface area contributed by atoms with E-state index in [4.69, 9.17) is 28.9 Å². The zero-order valence-corrected chi connectivity index (χ0v) is 13.4. The highest BCUT2D eigenvalue weighted by atomic mass is 35.5. The van der Waals surface area contributed by atoms with Gasteiger partial charge >= 0.3 is 0 Å². The number of rotatable bonds is 6. The van der Waals surface area contributed by atoms with E-state index in [1.54, 1.807) is 0 Å². The molecular formula is C10H12Cl2N4O2S2. The van der Waals surface area contributed by atoms with Crippen LogP contribution in [-0.2, 0) is 21.4 Å². The fourth-order valence-electron chi connectivity index (χ4n) is 1.61. The molecule has 0 saturated carbocycles. The largest absolute Gasteiger partial charge is 0.330 e. The number of hydrogen-bond acceptors (Lipinski definition) is 5. The molecule has 1 aliphatic heterocycles. The van der Waals surface area contributed by atoms with Crippen molar-refractivity contribution in [3.8, 4) is 0 Å². The first-order chi connectivity index (χ1) is 9.44. The van der Waals surface area contributed by atoms with Crippen LogP contribution in [0.3, 0.4) is 0 Å². The highest BCUT2D eigenvalue weighted by Gasteiger charge is 2.22. The lowest BCUT2D eigenvalue weighted by atomic mass is 10.2. The quantitative estimate of drug-likeness (QED) is 0.779. The Bertz CT molecular complexity index is 700. The molecule has 0 saturated heterocycles. The monoisotopic (exact) mass is 354 g/mol. The summed E-state index contributed by atoms with van der Waals surface area (Å²) in [5.74, 6) is -0.0256. The zero-order valence-electron chi connectivity index (χ0n) is 10.3. The van der Waals surface area contributed by atoms with Gasteiger partial charge in [-0.2, -0.15) is 8.73 Å². The Hall–Kier alpha value is -0.670. The van der Waals surface area contributed by atoms with Crippen molar-refractivity contribution < 1.29 is 8.42 Å². The third-order valence-electron chi connectivity index (χ3n) is 2.57. The number of nitrogens with two attached hydrogens (primary N) is 1. The first-order valence-electron chi connectivity index (χ1n) is 5.75. The van der Waals surface area contributed by atoms with Gasteiger partial charge in [-0.3, -0.25) is 4.72 Å². The van der Waals surface area contributed by atoms with Gasteiger partial charge in [-0.05, 0) is 25.5 Å². The highest BCUT2D eigenvalue weighted by molar-refractivity contribution is 7.92. The molecule has 0 spiro atoms. The summed E-state index contributed by atoms with van der Waals surface area (Å²) in [6.07, 6.45) is 1.12. The summed E-state index contributed by atoms with van der Waals surface area (Å²) >= 11 is 13.0. The third kappa shape index (κ3) is 3.50. The van der Waals surface area contributed by atoms with Crippen molar-refractivity contribution in [2.75, 3.05) is 17.0 Å². The number of nitrogens with one attached hydrogen (secondary N) is 1. The van der Waals surface area contributed by atoms with Crippen molar-refractivity contribution in [2.45, 2.75) is 12.8 Å². The number of nitrogens with zero attached hydrogens (tertiary/aromatic N) is 2. The molecule has 1 aliphatic rings. The van der Waals surface area contributed by atoms with E-state index in [0.29, 0.717) is 35.8 Å². The molecule has 0 unspecified atom stereocenters. The summed E-state index contributed by atoms with van der Waals surface area (Å²) < 4.78 is 34.5. The zero-order chi connectivity index (χ0) is 14.8. The smallest absolute Gasteiger partial charge is 0.232 e. The molecule has 2 rings (SSSR count). The maximum absolute atomic E-state index is 12.0. The number of fused-ring (bicyclic) bond motifs is 1. The molecule has 1 aromatic rings. The maximum Gasteiger partial charge on any atom is 0.232 e. The van der Waals surface area contributed by atoms with E-state index < -0.39 is 10.0 Å². The van der Waals surface area contributed by atoms with E-state index in [-0.39, 0.29) is 16.5 Å². The molecule has 110 valence electrons. The minimum Gasteiger partial charge on any atom is -0.330 e. The predicted octanol–water partition coefficient (Wildman–Crippen LogP) is 3.20. The number of sulfonamides is 1. The SMILES string of the molecule is NCCCCS(=O)(=O)Nc1c(Cl)cc(Cl)c2c1N=S=N2. The van der Waals surface area contributed by atoms with E-state index >= 15 is 0 Å². The van der Waals surface area contributed by atoms with Crippen molar-refractivity contribution in [3.05, 3.63) is 16.1 Å². The van der Waals surface area contributed by atoms with Gasteiger partial charge in [-0.15, -0.1) is 0 Å². The normalized spacial score (nSPS) is 13.2. The van der Waals surface area contributed by atoms with E-state index in [2.05, 4.69) is 13.4 Å². The molecule has 0 atom stereocenters. The van der Waals surface area contributed by atoms with Crippen molar-refractivity contribution in [2.24, 2.45) is 14.5 Å². The van der Waals surface area contributed by atoms with Gasteiger partial charge in [-0.25, -0.2) is 8.42 Å². The average Bonchev–Trinajstić information content (AvgIpc) is 2.84. The van der Waals surface area contributed by atoms with Crippen LogP contribution in [0.2, 0.25) is 10.0 Å². The number of benzene rings is 1. The molecule has 20 heavy (non-hydrogen) atoms. The molecule has 0 aromatic heterocycles. The van der Waals surface area contributed by atoms with Crippen molar-refractivity contribution in [1.29, 1.82) is 0 Å². The van der Waals surface area contributed by atoms with Crippen LogP contribution in [0.15, 0.2) is 14.8 Å². The lowest BCUT2D eigenvalue weighted by molar-refractivity contribution is 0.597. The second-order valence-electron chi connectivity index (χ2n) is 4.09. The topological polar surface area (TPSA) is 96.9 Å². The van der Waals surface area contributed by atoms with Crippen LogP contribution in [0.4, 0.5) is 17.1 Å². The molecule has 0 radical (unpaired) electrons. The minimum absolute atomic E-state index is 0.0256. The Balaban J connectivity index is 2.27. The summed E-state index contributed by atoms with van der Waals surface area (Å²) in [5.41, 5.74) is 6.35. The third-order valence-corrected chi connectivity index (χ3v) is 5.02. The lowest BCUT2D eigenvalue weighted by Gasteiger charge is -2.12. The van der Waals surface area contributed by atoms with Gasteiger partial charge in [-0.1, -0.05) is 23.2 Å². The van der Waals surface area contributed by atoms with Crippen LogP contribution in [0, 0.1) is 0 Å². The Kier molecular flexibility index (Phi) is 5.03. The summed E-state index contributed by atoms with van der Waals surface area (Å²) in [6, 6.07) is 1.45. The van der Waals surface area contributed by atoms with Gasteiger partial charge in [0.05, 0.1) is 32.8 Å². The fourth-order valence-corrected chi connectivity index (χ4v) is 4.03. The molecule has 10 heteroatoms. The first kappa shape index (κ1) is 15.7. The molecule has 0 bridgehead atoms. The van der Waals surface area contributed by atoms with Crippen molar-refractivity contribution in [3.63, 3.8) is 0 Å². The maximum atomic E-state index is 12.0. The molecule has 1 heterocycles. The van der Waals surface area contributed by atoms with E-state index in [0.717, 1.165) is 11.4 Å². The van der Waals surface area contributed by atoms with Gasteiger partial charge < -0.3 is 5.73 Å². The highest BCUT2D eigenvalue weighted by Crippen LogP contribution is 2.47. The van der Waals surface area contributed by atoms with E-state index in [9.17, 15) is 8.42 Å². The van der Waals surface area contributed by atoms with E-state index in [1.165, 1.54) is 6.07 Å². The van der Waals surface area contributed by atoms with Crippen LogP contribution >= 0.6 is 23.2 Å². The molecular weight excluding hydrogens is 343 g/mol. The summed E-state index contributed by atoms with van der Waals surface area (Å²) in [5, 5.41) is 0.530. The average molecular weight is 355 g/mol. The van der Waals surface area contributed by atoms with Gasteiger partial charge in [0.1, 0.15) is 11.4 Å². The first-order valence-corrected chi connectivity index (χ1v) is 8.89. The Morgan fingerprint density at radius 1 is 1.20 bits per heavy atom. The fraction of sp³-hybridized carbons (Fsp3) is 0.400. The molecule has 3 N–H and O–H groups in total. The molecule has 0 amide bonds. The standard InChI is InChI=1S/C10H12Cl2N4O2S2/c11-6-5-7(12)9(10-8(6)14-19-15-10)16-20(17,18)4-2-1-3-13/h5,16H,1-4,13H2. The number of hydrogen-bond donors (Lipinski definition) is 2. The molecule has 0 fully saturated rings. The molecule has 6 nitrogen and oxygen atoms in total. The Morgan fingerprint density at radius 3 is 2.60 bits per heavy atom. The van der Waals surface area contributed by atoms with Crippen molar-refractivity contribution >= 4 is 61.6 Å².